The number of carbonyl (C=O) groups excluding carboxylic acids is 1. The number of rotatable bonds is 13. The van der Waals surface area contributed by atoms with Gasteiger partial charge in [0.05, 0.1) is 19.3 Å². The maximum Gasteiger partial charge on any atom is 0.331 e. The monoisotopic (exact) mass is 640 g/mol. The van der Waals surface area contributed by atoms with Crippen molar-refractivity contribution in [1.29, 1.82) is 0 Å². The van der Waals surface area contributed by atoms with Gasteiger partial charge in [0.25, 0.3) is 0 Å². The normalized spacial score (nSPS) is 33.2. The molecular formula is C31H44O14. The van der Waals surface area contributed by atoms with E-state index in [4.69, 9.17) is 28.9 Å². The molecule has 0 amide bonds. The van der Waals surface area contributed by atoms with Gasteiger partial charge in [-0.05, 0) is 57.9 Å². The van der Waals surface area contributed by atoms with Crippen LogP contribution in [0.15, 0.2) is 54.1 Å². The second-order valence-electron chi connectivity index (χ2n) is 11.5. The zero-order valence-electron chi connectivity index (χ0n) is 25.6. The highest BCUT2D eigenvalue weighted by atomic mass is 17.1. The fourth-order valence-electron chi connectivity index (χ4n) is 4.61. The Kier molecular flexibility index (Phi) is 13.6. The molecule has 0 aromatic heterocycles. The molecule has 14 heteroatoms. The molecule has 14 nitrogen and oxygen atoms in total. The van der Waals surface area contributed by atoms with Crippen molar-refractivity contribution >= 4 is 12.0 Å². The van der Waals surface area contributed by atoms with Crippen LogP contribution in [0.4, 0.5) is 0 Å². The number of esters is 1. The summed E-state index contributed by atoms with van der Waals surface area (Å²) in [5.74, 6) is -0.838. The standard InChI is InChI=1S/C31H44O14/c1-17(6-5-14-31(3,4)45-39)13-15-40-29-26(38)28(44-30-25(37)24(36)23(35)18(2)41-30)27(21(16-32)42-29)43-22(34)12-9-19-7-10-20(33)11-8-19/h5,7-14,18,21,23-30,32-33,35-39H,6,15-16H2,1-4H3. The molecule has 2 heterocycles. The molecule has 10 atom stereocenters. The average Bonchev–Trinajstić information content (AvgIpc) is 3.01. The molecule has 1 aromatic carbocycles. The summed E-state index contributed by atoms with van der Waals surface area (Å²) in [6, 6.07) is 6.00. The van der Waals surface area contributed by atoms with E-state index in [9.17, 15) is 35.4 Å². The van der Waals surface area contributed by atoms with Crippen molar-refractivity contribution in [2.75, 3.05) is 13.2 Å². The van der Waals surface area contributed by atoms with Gasteiger partial charge in [-0.25, -0.2) is 9.68 Å². The predicted molar refractivity (Wildman–Crippen MR) is 157 cm³/mol. The largest absolute Gasteiger partial charge is 0.508 e. The van der Waals surface area contributed by atoms with E-state index in [2.05, 4.69) is 4.89 Å². The molecule has 2 aliphatic rings. The number of phenolic OH excluding ortho intramolecular Hbond substituents is 1. The maximum absolute atomic E-state index is 12.8. The number of aliphatic hydroxyl groups is 5. The second-order valence-corrected chi connectivity index (χ2v) is 11.5. The average molecular weight is 641 g/mol. The van der Waals surface area contributed by atoms with E-state index >= 15 is 0 Å². The van der Waals surface area contributed by atoms with E-state index in [1.165, 1.54) is 25.1 Å². The molecule has 2 saturated heterocycles. The van der Waals surface area contributed by atoms with Gasteiger partial charge in [-0.15, -0.1) is 0 Å². The fraction of sp³-hybridized carbons (Fsp3) is 0.581. The Morgan fingerprint density at radius 2 is 1.67 bits per heavy atom. The molecule has 0 aliphatic carbocycles. The summed E-state index contributed by atoms with van der Waals surface area (Å²) >= 11 is 0. The first-order chi connectivity index (χ1) is 21.3. The van der Waals surface area contributed by atoms with Crippen molar-refractivity contribution in [2.45, 2.75) is 101 Å². The van der Waals surface area contributed by atoms with Gasteiger partial charge in [-0.1, -0.05) is 35.9 Å². The predicted octanol–water partition coefficient (Wildman–Crippen LogP) is 0.785. The summed E-state index contributed by atoms with van der Waals surface area (Å²) in [4.78, 5) is 17.2. The van der Waals surface area contributed by atoms with Gasteiger partial charge in [0.15, 0.2) is 18.7 Å². The van der Waals surface area contributed by atoms with E-state index in [-0.39, 0.29) is 12.4 Å². The number of allylic oxidation sites excluding steroid dienone is 2. The summed E-state index contributed by atoms with van der Waals surface area (Å²) in [5, 5.41) is 70.7. The third-order valence-corrected chi connectivity index (χ3v) is 7.34. The third-order valence-electron chi connectivity index (χ3n) is 7.34. The Hall–Kier alpha value is -2.73. The summed E-state index contributed by atoms with van der Waals surface area (Å²) in [7, 11) is 0. The number of ether oxygens (including phenoxy) is 5. The van der Waals surface area contributed by atoms with Crippen molar-refractivity contribution in [1.82, 2.24) is 0 Å². The summed E-state index contributed by atoms with van der Waals surface area (Å²) in [6.07, 6.45) is -6.27. The minimum atomic E-state index is -1.73. The lowest BCUT2D eigenvalue weighted by Gasteiger charge is -2.46. The first-order valence-corrected chi connectivity index (χ1v) is 14.5. The van der Waals surface area contributed by atoms with Gasteiger partial charge in [0, 0.05) is 6.08 Å². The summed E-state index contributed by atoms with van der Waals surface area (Å²) in [6.45, 7) is 5.94. The van der Waals surface area contributed by atoms with E-state index < -0.39 is 79.6 Å². The van der Waals surface area contributed by atoms with Crippen LogP contribution in [0.3, 0.4) is 0 Å². The van der Waals surface area contributed by atoms with Crippen molar-refractivity contribution in [3.05, 3.63) is 59.7 Å². The molecule has 7 N–H and O–H groups in total. The maximum atomic E-state index is 12.8. The number of hydrogen-bond donors (Lipinski definition) is 7. The van der Waals surface area contributed by atoms with E-state index in [1.54, 1.807) is 44.2 Å². The van der Waals surface area contributed by atoms with Crippen LogP contribution in [0, 0.1) is 0 Å². The number of benzene rings is 1. The minimum Gasteiger partial charge on any atom is -0.508 e. The zero-order valence-corrected chi connectivity index (χ0v) is 25.6. The zero-order chi connectivity index (χ0) is 33.3. The van der Waals surface area contributed by atoms with Gasteiger partial charge >= 0.3 is 5.97 Å². The van der Waals surface area contributed by atoms with Crippen LogP contribution in [0.5, 0.6) is 5.75 Å². The topological polar surface area (TPSA) is 214 Å². The number of aliphatic hydroxyl groups excluding tert-OH is 5. The van der Waals surface area contributed by atoms with Crippen LogP contribution in [0.2, 0.25) is 0 Å². The quantitative estimate of drug-likeness (QED) is 0.0522. The molecule has 0 bridgehead atoms. The summed E-state index contributed by atoms with van der Waals surface area (Å²) < 4.78 is 28.5. The van der Waals surface area contributed by atoms with Crippen LogP contribution in [-0.2, 0) is 33.4 Å². The highest BCUT2D eigenvalue weighted by Crippen LogP contribution is 2.31. The number of hydrogen-bond acceptors (Lipinski definition) is 14. The van der Waals surface area contributed by atoms with Gasteiger partial charge in [-0.3, -0.25) is 5.26 Å². The number of phenols is 1. The molecule has 2 fully saturated rings. The molecule has 10 unspecified atom stereocenters. The van der Waals surface area contributed by atoms with Crippen molar-refractivity contribution < 1.29 is 69.3 Å². The minimum absolute atomic E-state index is 0.0313. The molecule has 0 radical (unpaired) electrons. The van der Waals surface area contributed by atoms with Crippen molar-refractivity contribution in [3.63, 3.8) is 0 Å². The Bertz CT molecular complexity index is 1170. The van der Waals surface area contributed by atoms with E-state index in [0.29, 0.717) is 12.0 Å². The lowest BCUT2D eigenvalue weighted by molar-refractivity contribution is -0.356. The van der Waals surface area contributed by atoms with Gasteiger partial charge in [-0.2, -0.15) is 0 Å². The van der Waals surface area contributed by atoms with E-state index in [0.717, 1.165) is 11.6 Å². The Morgan fingerprint density at radius 1 is 0.978 bits per heavy atom. The molecule has 252 valence electrons. The van der Waals surface area contributed by atoms with Crippen molar-refractivity contribution in [2.24, 2.45) is 0 Å². The smallest absolute Gasteiger partial charge is 0.331 e. The summed E-state index contributed by atoms with van der Waals surface area (Å²) in [5.41, 5.74) is 0.604. The second kappa shape index (κ2) is 16.7. The molecule has 1 aromatic rings. The first-order valence-electron chi connectivity index (χ1n) is 14.5. The first kappa shape index (κ1) is 36.7. The Morgan fingerprint density at radius 3 is 2.31 bits per heavy atom. The van der Waals surface area contributed by atoms with Gasteiger partial charge < -0.3 is 54.3 Å². The van der Waals surface area contributed by atoms with Crippen LogP contribution >= 0.6 is 0 Å². The highest BCUT2D eigenvalue weighted by Gasteiger charge is 2.52. The fourth-order valence-corrected chi connectivity index (χ4v) is 4.61. The molecule has 45 heavy (non-hydrogen) atoms. The molecule has 0 saturated carbocycles. The van der Waals surface area contributed by atoms with Crippen LogP contribution in [-0.4, -0.2) is 122 Å². The third kappa shape index (κ3) is 10.4. The van der Waals surface area contributed by atoms with Crippen molar-refractivity contribution in [3.8, 4) is 5.75 Å². The lowest BCUT2D eigenvalue weighted by atomic mass is 9.97. The van der Waals surface area contributed by atoms with Crippen LogP contribution < -0.4 is 0 Å². The number of carbonyl (C=O) groups is 1. The van der Waals surface area contributed by atoms with Crippen LogP contribution in [0.1, 0.15) is 39.7 Å². The molecular weight excluding hydrogens is 596 g/mol. The lowest BCUT2D eigenvalue weighted by Crippen LogP contribution is -2.65. The highest BCUT2D eigenvalue weighted by molar-refractivity contribution is 5.87. The van der Waals surface area contributed by atoms with E-state index in [1.807, 2.05) is 6.92 Å². The number of aromatic hydroxyl groups is 1. The van der Waals surface area contributed by atoms with Gasteiger partial charge in [0.1, 0.15) is 48.0 Å². The molecule has 0 spiro atoms. The Balaban J connectivity index is 1.77. The molecule has 3 rings (SSSR count). The van der Waals surface area contributed by atoms with Gasteiger partial charge in [0.2, 0.25) is 0 Å². The SMILES string of the molecule is CC(=CCOC1OC(CO)C(OC(=O)C=Cc2ccc(O)cc2)C(OC2OC(C)C(O)C(O)C2O)C1O)CC=CC(C)(C)OO. The Labute approximate surface area is 261 Å². The molecule has 2 aliphatic heterocycles. The van der Waals surface area contributed by atoms with Crippen LogP contribution in [0.25, 0.3) is 6.08 Å².